The standard InChI is InChI=1S/C23H27F4N5O2/c1-31(20(33)15-22(34,23(25,26)27)21-28-10-12-32(21)2)11-5-3-4-9-18-14-19(30-29-18)16-7-6-8-17(24)13-16/h6-8,10,12-14,34H,3-5,9,11,15H2,1-2H3,(H,29,30). The zero-order valence-corrected chi connectivity index (χ0v) is 18.9. The maximum absolute atomic E-state index is 13.6. The van der Waals surface area contributed by atoms with Crippen LogP contribution in [-0.2, 0) is 23.9 Å². The SMILES string of the molecule is CN(CCCCCc1cc(-c2cccc(F)c2)n[nH]1)C(=O)CC(O)(c1nccn1C)C(F)(F)F. The molecule has 2 aromatic heterocycles. The molecule has 2 heterocycles. The van der Waals surface area contributed by atoms with Crippen LogP contribution in [0.4, 0.5) is 17.6 Å². The number of carbonyl (C=O) groups excluding carboxylic acids is 1. The molecule has 0 radical (unpaired) electrons. The molecular weight excluding hydrogens is 454 g/mol. The molecule has 0 fully saturated rings. The Morgan fingerprint density at radius 1 is 1.21 bits per heavy atom. The minimum Gasteiger partial charge on any atom is -0.374 e. The number of carbonyl (C=O) groups is 1. The zero-order valence-electron chi connectivity index (χ0n) is 18.9. The Hall–Kier alpha value is -3.21. The van der Waals surface area contributed by atoms with E-state index >= 15 is 0 Å². The average molecular weight is 481 g/mol. The summed E-state index contributed by atoms with van der Waals surface area (Å²) in [7, 11) is 2.74. The van der Waals surface area contributed by atoms with E-state index in [1.54, 1.807) is 12.1 Å². The number of nitrogens with one attached hydrogen (secondary N) is 1. The Labute approximate surface area is 194 Å². The van der Waals surface area contributed by atoms with Gasteiger partial charge in [0.05, 0.1) is 12.1 Å². The number of hydrogen-bond acceptors (Lipinski definition) is 4. The van der Waals surface area contributed by atoms with Crippen molar-refractivity contribution in [3.8, 4) is 11.3 Å². The van der Waals surface area contributed by atoms with Crippen molar-refractivity contribution in [3.05, 3.63) is 60.1 Å². The van der Waals surface area contributed by atoms with E-state index in [4.69, 9.17) is 0 Å². The summed E-state index contributed by atoms with van der Waals surface area (Å²) < 4.78 is 55.3. The molecular formula is C23H27F4N5O2. The number of rotatable bonds is 10. The maximum Gasteiger partial charge on any atom is 0.425 e. The van der Waals surface area contributed by atoms with E-state index in [1.807, 2.05) is 6.07 Å². The van der Waals surface area contributed by atoms with E-state index in [9.17, 15) is 27.5 Å². The van der Waals surface area contributed by atoms with Crippen LogP contribution in [0.3, 0.4) is 0 Å². The van der Waals surface area contributed by atoms with Crippen molar-refractivity contribution in [3.63, 3.8) is 0 Å². The Kier molecular flexibility index (Phi) is 7.75. The van der Waals surface area contributed by atoms with Gasteiger partial charge in [-0.3, -0.25) is 9.89 Å². The molecule has 2 N–H and O–H groups in total. The second-order valence-corrected chi connectivity index (χ2v) is 8.31. The molecule has 0 spiro atoms. The molecule has 7 nitrogen and oxygen atoms in total. The third kappa shape index (κ3) is 5.82. The van der Waals surface area contributed by atoms with Crippen molar-refractivity contribution in [1.82, 2.24) is 24.6 Å². The van der Waals surface area contributed by atoms with Crippen molar-refractivity contribution in [2.75, 3.05) is 13.6 Å². The first-order valence-corrected chi connectivity index (χ1v) is 10.8. The molecule has 0 aliphatic heterocycles. The van der Waals surface area contributed by atoms with Crippen LogP contribution in [0, 0.1) is 5.82 Å². The predicted molar refractivity (Wildman–Crippen MR) is 117 cm³/mol. The lowest BCUT2D eigenvalue weighted by Crippen LogP contribution is -2.48. The predicted octanol–water partition coefficient (Wildman–Crippen LogP) is 3.96. The maximum atomic E-state index is 13.6. The van der Waals surface area contributed by atoms with Gasteiger partial charge in [-0.15, -0.1) is 0 Å². The first kappa shape index (κ1) is 25.4. The van der Waals surface area contributed by atoms with E-state index in [-0.39, 0.29) is 12.4 Å². The van der Waals surface area contributed by atoms with E-state index in [1.165, 1.54) is 37.3 Å². The van der Waals surface area contributed by atoms with Gasteiger partial charge in [-0.1, -0.05) is 18.6 Å². The Balaban J connectivity index is 1.46. The van der Waals surface area contributed by atoms with Crippen LogP contribution in [0.2, 0.25) is 0 Å². The summed E-state index contributed by atoms with van der Waals surface area (Å²) in [5.41, 5.74) is -1.16. The largest absolute Gasteiger partial charge is 0.425 e. The number of amides is 1. The number of imidazole rings is 1. The van der Waals surface area contributed by atoms with Crippen LogP contribution >= 0.6 is 0 Å². The summed E-state index contributed by atoms with van der Waals surface area (Å²) in [6.45, 7) is 0.255. The quantitative estimate of drug-likeness (QED) is 0.339. The van der Waals surface area contributed by atoms with Crippen LogP contribution < -0.4 is 0 Å². The minimum absolute atomic E-state index is 0.255. The minimum atomic E-state index is -5.06. The van der Waals surface area contributed by atoms with Crippen molar-refractivity contribution in [2.45, 2.75) is 43.9 Å². The van der Waals surface area contributed by atoms with Crippen LogP contribution in [-0.4, -0.2) is 55.4 Å². The third-order valence-corrected chi connectivity index (χ3v) is 5.68. The van der Waals surface area contributed by atoms with E-state index < -0.39 is 29.9 Å². The summed E-state index contributed by atoms with van der Waals surface area (Å²) in [6, 6.07) is 7.99. The number of benzene rings is 1. The van der Waals surface area contributed by atoms with E-state index in [2.05, 4.69) is 15.2 Å². The molecule has 1 amide bonds. The zero-order chi connectivity index (χ0) is 24.9. The number of H-pyrrole nitrogens is 1. The molecule has 0 saturated heterocycles. The van der Waals surface area contributed by atoms with E-state index in [0.717, 1.165) is 29.3 Å². The van der Waals surface area contributed by atoms with Gasteiger partial charge in [-0.05, 0) is 37.5 Å². The molecule has 1 unspecified atom stereocenters. The van der Waals surface area contributed by atoms with Crippen molar-refractivity contribution >= 4 is 5.91 Å². The number of alkyl halides is 3. The highest BCUT2D eigenvalue weighted by atomic mass is 19.4. The van der Waals surface area contributed by atoms with Crippen LogP contribution in [0.1, 0.15) is 37.2 Å². The smallest absolute Gasteiger partial charge is 0.374 e. The van der Waals surface area contributed by atoms with E-state index in [0.29, 0.717) is 24.1 Å². The summed E-state index contributed by atoms with van der Waals surface area (Å²) >= 11 is 0. The summed E-state index contributed by atoms with van der Waals surface area (Å²) in [4.78, 5) is 17.2. The van der Waals surface area contributed by atoms with Crippen molar-refractivity contribution in [1.29, 1.82) is 0 Å². The molecule has 3 aromatic rings. The molecule has 0 aliphatic carbocycles. The van der Waals surface area contributed by atoms with Gasteiger partial charge in [-0.2, -0.15) is 18.3 Å². The molecule has 3 rings (SSSR count). The van der Waals surface area contributed by atoms with Gasteiger partial charge in [-0.25, -0.2) is 9.37 Å². The highest BCUT2D eigenvalue weighted by Gasteiger charge is 2.58. The number of aromatic nitrogens is 4. The molecule has 1 aromatic carbocycles. The van der Waals surface area contributed by atoms with Gasteiger partial charge in [0.1, 0.15) is 5.82 Å². The van der Waals surface area contributed by atoms with Crippen LogP contribution in [0.15, 0.2) is 42.7 Å². The Morgan fingerprint density at radius 2 is 1.97 bits per heavy atom. The number of nitrogens with zero attached hydrogens (tertiary/aromatic N) is 4. The molecule has 34 heavy (non-hydrogen) atoms. The molecule has 1 atom stereocenters. The monoisotopic (exact) mass is 481 g/mol. The first-order chi connectivity index (χ1) is 16.0. The molecule has 0 aliphatic rings. The number of aromatic amines is 1. The highest BCUT2D eigenvalue weighted by Crippen LogP contribution is 2.41. The molecule has 0 saturated carbocycles. The fourth-order valence-corrected chi connectivity index (χ4v) is 3.68. The van der Waals surface area contributed by atoms with Crippen LogP contribution in [0.5, 0.6) is 0 Å². The second-order valence-electron chi connectivity index (χ2n) is 8.31. The van der Waals surface area contributed by atoms with Gasteiger partial charge in [0.25, 0.3) is 0 Å². The lowest BCUT2D eigenvalue weighted by molar-refractivity contribution is -0.271. The second kappa shape index (κ2) is 10.4. The van der Waals surface area contributed by atoms with Gasteiger partial charge < -0.3 is 14.6 Å². The lowest BCUT2D eigenvalue weighted by Gasteiger charge is -2.31. The topological polar surface area (TPSA) is 87.0 Å². The molecule has 184 valence electrons. The number of aliphatic hydroxyl groups is 1. The lowest BCUT2D eigenvalue weighted by atomic mass is 9.96. The number of hydrogen-bond donors (Lipinski definition) is 2. The number of aryl methyl sites for hydroxylation is 2. The average Bonchev–Trinajstić information content (AvgIpc) is 3.41. The normalized spacial score (nSPS) is 13.6. The Bertz CT molecular complexity index is 1110. The summed E-state index contributed by atoms with van der Waals surface area (Å²) in [5, 5.41) is 17.5. The first-order valence-electron chi connectivity index (χ1n) is 10.8. The number of halogens is 4. The third-order valence-electron chi connectivity index (χ3n) is 5.68. The van der Waals surface area contributed by atoms with Gasteiger partial charge in [0.2, 0.25) is 11.5 Å². The molecule has 0 bridgehead atoms. The van der Waals surface area contributed by atoms with Gasteiger partial charge >= 0.3 is 6.18 Å². The fraction of sp³-hybridized carbons (Fsp3) is 0.435. The van der Waals surface area contributed by atoms with Gasteiger partial charge in [0.15, 0.2) is 5.82 Å². The fourth-order valence-electron chi connectivity index (χ4n) is 3.68. The van der Waals surface area contributed by atoms with Crippen molar-refractivity contribution < 1.29 is 27.5 Å². The Morgan fingerprint density at radius 3 is 2.62 bits per heavy atom. The number of unbranched alkanes of at least 4 members (excludes halogenated alkanes) is 2. The molecule has 11 heteroatoms. The summed E-state index contributed by atoms with van der Waals surface area (Å²) in [5.74, 6) is -1.79. The highest BCUT2D eigenvalue weighted by molar-refractivity contribution is 5.77. The van der Waals surface area contributed by atoms with Crippen molar-refractivity contribution in [2.24, 2.45) is 7.05 Å². The summed E-state index contributed by atoms with van der Waals surface area (Å²) in [6.07, 6.45) is -1.01. The van der Waals surface area contributed by atoms with Crippen LogP contribution in [0.25, 0.3) is 11.3 Å². The van der Waals surface area contributed by atoms with Gasteiger partial charge in [0, 0.05) is 44.3 Å².